The summed E-state index contributed by atoms with van der Waals surface area (Å²) in [7, 11) is 23.0. The van der Waals surface area contributed by atoms with Crippen LogP contribution in [-0.2, 0) is 56.8 Å². The maximum atomic E-state index is 6.36. The van der Waals surface area contributed by atoms with Crippen molar-refractivity contribution >= 4 is 70.6 Å². The molecule has 6 aliphatic carbocycles. The lowest BCUT2D eigenvalue weighted by Gasteiger charge is -2.45. The number of hydrogen-bond donors (Lipinski definition) is 0. The Balaban J connectivity index is 1.03. The molecule has 6 saturated carbocycles. The van der Waals surface area contributed by atoms with Crippen molar-refractivity contribution in [3.63, 3.8) is 0 Å². The van der Waals surface area contributed by atoms with Gasteiger partial charge in [0.1, 0.15) is 0 Å². The van der Waals surface area contributed by atoms with Crippen molar-refractivity contribution in [3.05, 3.63) is 0 Å². The lowest BCUT2D eigenvalue weighted by Crippen LogP contribution is -2.48. The summed E-state index contributed by atoms with van der Waals surface area (Å²) in [5.74, 6) is 15.2. The summed E-state index contributed by atoms with van der Waals surface area (Å²) in [4.78, 5) is 0. The first-order chi connectivity index (χ1) is 37.1. The maximum Gasteiger partial charge on any atom is 0.0694 e. The Morgan fingerprint density at radius 1 is 0.184 bits per heavy atom. The molecule has 0 spiro atoms. The van der Waals surface area contributed by atoms with Gasteiger partial charge < -0.3 is 56.8 Å². The molecule has 0 N–H and O–H groups in total. The number of hydrogen-bond acceptors (Lipinski definition) is 18. The van der Waals surface area contributed by atoms with Crippen molar-refractivity contribution in [1.29, 1.82) is 0 Å². The van der Waals surface area contributed by atoms with Crippen LogP contribution in [0.15, 0.2) is 0 Å². The van der Waals surface area contributed by atoms with Gasteiger partial charge in [0.2, 0.25) is 0 Å². The van der Waals surface area contributed by atoms with E-state index >= 15 is 0 Å². The normalized spacial score (nSPS) is 45.3. The molecule has 0 radical (unpaired) electrons. The average molecular weight is 1190 g/mol. The second kappa shape index (κ2) is 33.9. The van der Waals surface area contributed by atoms with Crippen molar-refractivity contribution in [2.75, 3.05) is 143 Å². The zero-order valence-electron chi connectivity index (χ0n) is 48.8. The number of thioether (sulfide) groups is 6. The molecule has 11 unspecified atom stereocenters. The Labute approximate surface area is 487 Å². The maximum absolute atomic E-state index is 6.36. The van der Waals surface area contributed by atoms with Crippen LogP contribution in [0.2, 0.25) is 0 Å². The average Bonchev–Trinajstić information content (AvgIpc) is 3.45. The molecule has 0 aromatic heterocycles. The van der Waals surface area contributed by atoms with Gasteiger partial charge in [0, 0.05) is 95.8 Å². The van der Waals surface area contributed by atoms with Gasteiger partial charge in [-0.25, -0.2) is 0 Å². The Kier molecular flexibility index (Phi) is 29.1. The smallest absolute Gasteiger partial charge is 0.0694 e. The van der Waals surface area contributed by atoms with Gasteiger partial charge in [-0.05, 0) is 194 Å². The molecule has 20 aliphatic rings. The fourth-order valence-corrected chi connectivity index (χ4v) is 24.1. The minimum absolute atomic E-state index is 0.167. The van der Waals surface area contributed by atoms with E-state index in [2.05, 4.69) is 70.6 Å². The number of ether oxygens (including phenoxy) is 12. The third-order valence-electron chi connectivity index (χ3n) is 19.7. The summed E-state index contributed by atoms with van der Waals surface area (Å²) in [6.07, 6.45) is 14.9. The third kappa shape index (κ3) is 17.4. The number of methoxy groups -OCH3 is 12. The Bertz CT molecular complexity index is 1490. The molecule has 14 heterocycles. The first kappa shape index (κ1) is 65.2. The van der Waals surface area contributed by atoms with E-state index in [0.29, 0.717) is 69.7 Å². The zero-order valence-corrected chi connectivity index (χ0v) is 53.7. The van der Waals surface area contributed by atoms with Crippen LogP contribution in [-0.4, -0.2) is 227 Å². The molecule has 24 atom stereocenters. The van der Waals surface area contributed by atoms with Gasteiger partial charge >= 0.3 is 0 Å². The molecule has 0 aromatic rings. The summed E-state index contributed by atoms with van der Waals surface area (Å²) < 4.78 is 75.8. The summed E-state index contributed by atoms with van der Waals surface area (Å²) in [5, 5.41) is 0.667. The van der Waals surface area contributed by atoms with Crippen molar-refractivity contribution < 1.29 is 56.8 Å². The SMILES string of the molecule is COC1C[C@H]2CSC[C@H]3C[C@@H](OC)[C@@H](CSC[C@H]4CC(OC)[C@@H](CSC[C@@H]5CC(OC)[C@@H](CC5OC)S[C@@H]5CC(OC)[C@H](CSC[C@H]6CC(OC)[C@@H](CSC[C@@H]1CC2OC)CC6OC)CC5OC)CC4OC)CC3OC. The van der Waals surface area contributed by atoms with E-state index in [0.717, 1.165) is 135 Å². The van der Waals surface area contributed by atoms with Crippen molar-refractivity contribution in [2.24, 2.45) is 59.2 Å². The monoisotopic (exact) mass is 1180 g/mol. The Morgan fingerprint density at radius 3 is 0.461 bits per heavy atom. The van der Waals surface area contributed by atoms with E-state index in [-0.39, 0.29) is 73.2 Å². The molecule has 18 heteroatoms. The van der Waals surface area contributed by atoms with Gasteiger partial charge in [-0.1, -0.05) is 0 Å². The highest BCUT2D eigenvalue weighted by atomic mass is 32.2. The number of rotatable bonds is 12. The predicted octanol–water partition coefficient (Wildman–Crippen LogP) is 10.2. The molecule has 12 nitrogen and oxygen atoms in total. The fourth-order valence-electron chi connectivity index (χ4n) is 15.0. The van der Waals surface area contributed by atoms with Crippen LogP contribution in [0.5, 0.6) is 0 Å². The van der Waals surface area contributed by atoms with Gasteiger partial charge in [0.05, 0.1) is 73.2 Å². The molecule has 20 rings (SSSR count). The Hall–Kier alpha value is 1.62. The van der Waals surface area contributed by atoms with E-state index in [9.17, 15) is 0 Å². The van der Waals surface area contributed by atoms with Crippen LogP contribution in [0.1, 0.15) is 77.0 Å². The molecular formula is C58H104O12S6. The summed E-state index contributed by atoms with van der Waals surface area (Å²) in [6.45, 7) is 0. The second-order valence-electron chi connectivity index (χ2n) is 23.6. The highest BCUT2D eigenvalue weighted by molar-refractivity contribution is 8.01. The van der Waals surface area contributed by atoms with Gasteiger partial charge in [-0.3, -0.25) is 0 Å². The van der Waals surface area contributed by atoms with Crippen LogP contribution in [0, 0.1) is 59.2 Å². The highest BCUT2D eigenvalue weighted by Gasteiger charge is 2.46. The fraction of sp³-hybridized carbons (Fsp3) is 1.00. The van der Waals surface area contributed by atoms with Gasteiger partial charge in [0.25, 0.3) is 0 Å². The molecule has 0 aromatic carbocycles. The van der Waals surface area contributed by atoms with Crippen LogP contribution in [0.4, 0.5) is 0 Å². The van der Waals surface area contributed by atoms with Crippen LogP contribution in [0.25, 0.3) is 0 Å². The van der Waals surface area contributed by atoms with E-state index in [1.807, 2.05) is 85.3 Å². The zero-order chi connectivity index (χ0) is 54.1. The second-order valence-corrected chi connectivity index (χ2v) is 30.5. The van der Waals surface area contributed by atoms with Gasteiger partial charge in [-0.15, -0.1) is 11.8 Å². The minimum Gasteiger partial charge on any atom is -0.381 e. The topological polar surface area (TPSA) is 111 Å². The summed E-state index contributed by atoms with van der Waals surface area (Å²) in [6, 6.07) is 0. The molecule has 0 amide bonds. The largest absolute Gasteiger partial charge is 0.381 e. The summed E-state index contributed by atoms with van der Waals surface area (Å²) in [5.41, 5.74) is 0. The predicted molar refractivity (Wildman–Crippen MR) is 322 cm³/mol. The van der Waals surface area contributed by atoms with E-state index in [4.69, 9.17) is 56.8 Å². The molecule has 12 bridgehead atoms. The van der Waals surface area contributed by atoms with Crippen LogP contribution >= 0.6 is 70.6 Å². The first-order valence-electron chi connectivity index (χ1n) is 29.0. The summed E-state index contributed by atoms with van der Waals surface area (Å²) >= 11 is 12.5. The third-order valence-corrected chi connectivity index (χ3v) is 28.0. The highest BCUT2D eigenvalue weighted by Crippen LogP contribution is 2.47. The molecular weight excluding hydrogens is 1080 g/mol. The van der Waals surface area contributed by atoms with E-state index < -0.39 is 0 Å². The standard InChI is InChI=1S/C58H104O12S6/c1-59-45-15-37-27-72-29-39-17-51(65-7)41(19-49(39)63-5)31-74-33-43-21-55(69-11)57(23-53(43)67-9)76-58-24-54(68-10)44(22-56(58)70-12)34-75-32-42-20-50(64-6)40(18-52(42)66-8)30-73-28-38-16-46(60-2)36(14-48(38)62-4)26-71-25-35(45)13-47(37)61-3/h35-58H,13-34H2,1-12H3/t35-,36+,37-,38+,39-,40-,41-,42-,43+,44+,45?,46?,47-,48?,49?,50?,51?,52?,53?,54?,55?,56?,57-,58-/m1/s1. The molecule has 20 fully saturated rings. The lowest BCUT2D eigenvalue weighted by molar-refractivity contribution is -0.0573. The Morgan fingerprint density at radius 2 is 0.316 bits per heavy atom. The van der Waals surface area contributed by atoms with Gasteiger partial charge in [0.15, 0.2) is 0 Å². The molecule has 14 aliphatic heterocycles. The van der Waals surface area contributed by atoms with Crippen molar-refractivity contribution in [3.8, 4) is 0 Å². The first-order valence-corrected chi connectivity index (χ1v) is 35.7. The van der Waals surface area contributed by atoms with Crippen molar-refractivity contribution in [2.45, 2.75) is 161 Å². The van der Waals surface area contributed by atoms with Gasteiger partial charge in [-0.2, -0.15) is 58.8 Å². The van der Waals surface area contributed by atoms with E-state index in [1.165, 1.54) is 0 Å². The van der Waals surface area contributed by atoms with E-state index in [1.54, 1.807) is 0 Å². The molecule has 14 saturated heterocycles. The van der Waals surface area contributed by atoms with Crippen molar-refractivity contribution in [1.82, 2.24) is 0 Å². The molecule has 444 valence electrons. The molecule has 76 heavy (non-hydrogen) atoms. The lowest BCUT2D eigenvalue weighted by atomic mass is 9.79. The van der Waals surface area contributed by atoms with Crippen LogP contribution < -0.4 is 0 Å². The quantitative estimate of drug-likeness (QED) is 0.185. The minimum atomic E-state index is 0.167. The van der Waals surface area contributed by atoms with Crippen LogP contribution in [0.3, 0.4) is 0 Å².